The standard InChI is InChI=1S/C16H27N3O/c1-3-5-11-20-15-12-14(17-4-2)18-16(19-15)13-9-7-6-8-10-13/h12-13H,3-11H2,1-2H3,(H,17,18,19). The van der Waals surface area contributed by atoms with Crippen LogP contribution in [0.4, 0.5) is 5.82 Å². The van der Waals surface area contributed by atoms with Gasteiger partial charge >= 0.3 is 0 Å². The van der Waals surface area contributed by atoms with Crippen molar-refractivity contribution in [1.29, 1.82) is 0 Å². The van der Waals surface area contributed by atoms with E-state index in [2.05, 4.69) is 29.1 Å². The molecule has 1 aliphatic rings. The van der Waals surface area contributed by atoms with Crippen molar-refractivity contribution in [1.82, 2.24) is 9.97 Å². The van der Waals surface area contributed by atoms with Gasteiger partial charge in [0.05, 0.1) is 6.61 Å². The minimum Gasteiger partial charge on any atom is -0.478 e. The van der Waals surface area contributed by atoms with Crippen molar-refractivity contribution in [3.8, 4) is 5.88 Å². The topological polar surface area (TPSA) is 47.0 Å². The number of anilines is 1. The van der Waals surface area contributed by atoms with Gasteiger partial charge in [0, 0.05) is 18.5 Å². The van der Waals surface area contributed by atoms with Gasteiger partial charge in [-0.1, -0.05) is 32.6 Å². The van der Waals surface area contributed by atoms with Crippen molar-refractivity contribution >= 4 is 5.82 Å². The third-order valence-corrected chi connectivity index (χ3v) is 3.80. The molecular weight excluding hydrogens is 250 g/mol. The lowest BCUT2D eigenvalue weighted by Gasteiger charge is -2.21. The van der Waals surface area contributed by atoms with E-state index in [1.807, 2.05) is 6.07 Å². The lowest BCUT2D eigenvalue weighted by Crippen LogP contribution is -2.12. The first-order valence-corrected chi connectivity index (χ1v) is 8.09. The molecule has 1 N–H and O–H groups in total. The van der Waals surface area contributed by atoms with Crippen molar-refractivity contribution in [2.45, 2.75) is 64.7 Å². The highest BCUT2D eigenvalue weighted by atomic mass is 16.5. The fourth-order valence-corrected chi connectivity index (χ4v) is 2.65. The van der Waals surface area contributed by atoms with Gasteiger partial charge in [0.1, 0.15) is 11.6 Å². The summed E-state index contributed by atoms with van der Waals surface area (Å²) in [4.78, 5) is 9.31. The SMILES string of the molecule is CCCCOc1cc(NCC)nc(C2CCCCC2)n1. The molecule has 0 atom stereocenters. The van der Waals surface area contributed by atoms with Crippen LogP contribution in [0, 0.1) is 0 Å². The number of unbranched alkanes of at least 4 members (excludes halogenated alkanes) is 1. The molecule has 0 amide bonds. The average molecular weight is 277 g/mol. The maximum atomic E-state index is 5.77. The van der Waals surface area contributed by atoms with Gasteiger partial charge in [-0.3, -0.25) is 0 Å². The molecule has 1 aromatic rings. The number of aromatic nitrogens is 2. The summed E-state index contributed by atoms with van der Waals surface area (Å²) in [6.07, 6.45) is 8.58. The summed E-state index contributed by atoms with van der Waals surface area (Å²) in [5.41, 5.74) is 0. The number of nitrogens with one attached hydrogen (secondary N) is 1. The van der Waals surface area contributed by atoms with Gasteiger partial charge in [0.25, 0.3) is 0 Å². The second-order valence-electron chi connectivity index (χ2n) is 5.52. The van der Waals surface area contributed by atoms with Crippen LogP contribution >= 0.6 is 0 Å². The maximum Gasteiger partial charge on any atom is 0.218 e. The Bertz CT molecular complexity index is 403. The monoisotopic (exact) mass is 277 g/mol. The zero-order chi connectivity index (χ0) is 14.2. The molecule has 0 bridgehead atoms. The molecule has 0 aromatic carbocycles. The van der Waals surface area contributed by atoms with Gasteiger partial charge < -0.3 is 10.1 Å². The van der Waals surface area contributed by atoms with Gasteiger partial charge in [-0.15, -0.1) is 0 Å². The van der Waals surface area contributed by atoms with E-state index in [4.69, 9.17) is 4.74 Å². The van der Waals surface area contributed by atoms with Crippen LogP contribution in [0.3, 0.4) is 0 Å². The zero-order valence-corrected chi connectivity index (χ0v) is 12.8. The Morgan fingerprint density at radius 1 is 1.20 bits per heavy atom. The van der Waals surface area contributed by atoms with Gasteiger partial charge in [-0.05, 0) is 26.2 Å². The molecule has 0 saturated heterocycles. The van der Waals surface area contributed by atoms with Gasteiger partial charge in [0.2, 0.25) is 5.88 Å². The van der Waals surface area contributed by atoms with E-state index < -0.39 is 0 Å². The largest absolute Gasteiger partial charge is 0.478 e. The van der Waals surface area contributed by atoms with Crippen molar-refractivity contribution in [3.05, 3.63) is 11.9 Å². The Morgan fingerprint density at radius 3 is 2.70 bits per heavy atom. The van der Waals surface area contributed by atoms with Crippen molar-refractivity contribution < 1.29 is 4.74 Å². The normalized spacial score (nSPS) is 16.1. The molecular formula is C16H27N3O. The van der Waals surface area contributed by atoms with Gasteiger partial charge in [0.15, 0.2) is 0 Å². The van der Waals surface area contributed by atoms with Crippen LogP contribution in [-0.2, 0) is 0 Å². The van der Waals surface area contributed by atoms with Crippen molar-refractivity contribution in [3.63, 3.8) is 0 Å². The molecule has 0 radical (unpaired) electrons. The van der Waals surface area contributed by atoms with Crippen LogP contribution in [0.5, 0.6) is 5.88 Å². The van der Waals surface area contributed by atoms with Gasteiger partial charge in [-0.25, -0.2) is 4.98 Å². The van der Waals surface area contributed by atoms with E-state index in [-0.39, 0.29) is 0 Å². The van der Waals surface area contributed by atoms with E-state index in [1.165, 1.54) is 32.1 Å². The summed E-state index contributed by atoms with van der Waals surface area (Å²) in [6, 6.07) is 1.92. The second kappa shape index (κ2) is 8.08. The third kappa shape index (κ3) is 4.36. The second-order valence-corrected chi connectivity index (χ2v) is 5.52. The number of hydrogen-bond acceptors (Lipinski definition) is 4. The molecule has 1 heterocycles. The fraction of sp³-hybridized carbons (Fsp3) is 0.750. The van der Waals surface area contributed by atoms with Crippen LogP contribution in [-0.4, -0.2) is 23.1 Å². The molecule has 0 unspecified atom stereocenters. The Kier molecular flexibility index (Phi) is 6.09. The molecule has 1 aromatic heterocycles. The first kappa shape index (κ1) is 15.1. The quantitative estimate of drug-likeness (QED) is 0.761. The van der Waals surface area contributed by atoms with Crippen molar-refractivity contribution in [2.24, 2.45) is 0 Å². The Labute approximate surface area is 122 Å². The first-order chi connectivity index (χ1) is 9.83. The summed E-state index contributed by atoms with van der Waals surface area (Å²) in [5.74, 6) is 3.10. The number of hydrogen-bond donors (Lipinski definition) is 1. The Hall–Kier alpha value is -1.32. The first-order valence-electron chi connectivity index (χ1n) is 8.09. The lowest BCUT2D eigenvalue weighted by atomic mass is 9.89. The van der Waals surface area contributed by atoms with E-state index in [0.29, 0.717) is 5.92 Å². The highest BCUT2D eigenvalue weighted by Gasteiger charge is 2.19. The van der Waals surface area contributed by atoms with E-state index in [9.17, 15) is 0 Å². The molecule has 20 heavy (non-hydrogen) atoms. The van der Waals surface area contributed by atoms with E-state index in [0.717, 1.165) is 43.5 Å². The predicted molar refractivity (Wildman–Crippen MR) is 82.4 cm³/mol. The molecule has 0 spiro atoms. The minimum absolute atomic E-state index is 0.510. The molecule has 4 nitrogen and oxygen atoms in total. The molecule has 1 aliphatic carbocycles. The summed E-state index contributed by atoms with van der Waals surface area (Å²) < 4.78 is 5.77. The molecule has 4 heteroatoms. The highest BCUT2D eigenvalue weighted by Crippen LogP contribution is 2.32. The van der Waals surface area contributed by atoms with E-state index in [1.54, 1.807) is 0 Å². The number of ether oxygens (including phenoxy) is 1. The average Bonchev–Trinajstić information content (AvgIpc) is 2.49. The molecule has 0 aliphatic heterocycles. The van der Waals surface area contributed by atoms with E-state index >= 15 is 0 Å². The highest BCUT2D eigenvalue weighted by molar-refractivity contribution is 5.38. The summed E-state index contributed by atoms with van der Waals surface area (Å²) >= 11 is 0. The van der Waals surface area contributed by atoms with Gasteiger partial charge in [-0.2, -0.15) is 4.98 Å². The predicted octanol–water partition coefficient (Wildman–Crippen LogP) is 4.14. The molecule has 1 fully saturated rings. The van der Waals surface area contributed by atoms with Crippen molar-refractivity contribution in [2.75, 3.05) is 18.5 Å². The van der Waals surface area contributed by atoms with Crippen LogP contribution in [0.2, 0.25) is 0 Å². The van der Waals surface area contributed by atoms with Crippen LogP contribution in [0.15, 0.2) is 6.07 Å². The molecule has 112 valence electrons. The summed E-state index contributed by atoms with van der Waals surface area (Å²) in [6.45, 7) is 5.86. The zero-order valence-electron chi connectivity index (χ0n) is 12.8. The summed E-state index contributed by atoms with van der Waals surface area (Å²) in [7, 11) is 0. The molecule has 2 rings (SSSR count). The van der Waals surface area contributed by atoms with Crippen LogP contribution in [0.1, 0.15) is 70.5 Å². The lowest BCUT2D eigenvalue weighted by molar-refractivity contribution is 0.294. The third-order valence-electron chi connectivity index (χ3n) is 3.80. The summed E-state index contributed by atoms with van der Waals surface area (Å²) in [5, 5.41) is 3.29. The number of nitrogens with zero attached hydrogens (tertiary/aromatic N) is 2. The minimum atomic E-state index is 0.510. The maximum absolute atomic E-state index is 5.77. The number of rotatable bonds is 7. The Morgan fingerprint density at radius 2 is 2.00 bits per heavy atom. The van der Waals surface area contributed by atoms with Crippen LogP contribution in [0.25, 0.3) is 0 Å². The Balaban J connectivity index is 2.11. The smallest absolute Gasteiger partial charge is 0.218 e. The fourth-order valence-electron chi connectivity index (χ4n) is 2.65. The van der Waals surface area contributed by atoms with Crippen LogP contribution < -0.4 is 10.1 Å². The molecule has 1 saturated carbocycles.